The van der Waals surface area contributed by atoms with Crippen molar-refractivity contribution < 1.29 is 9.53 Å². The van der Waals surface area contributed by atoms with Crippen LogP contribution in [-0.2, 0) is 4.74 Å². The van der Waals surface area contributed by atoms with E-state index in [1.54, 1.807) is 0 Å². The van der Waals surface area contributed by atoms with Crippen LogP contribution in [0.25, 0.3) is 0 Å². The molecule has 2 saturated heterocycles. The van der Waals surface area contributed by atoms with Gasteiger partial charge in [-0.15, -0.1) is 0 Å². The van der Waals surface area contributed by atoms with Gasteiger partial charge in [-0.3, -0.25) is 0 Å². The standard InChI is InChI=1S/C18H27N3O2.C8H17N.C2H6/c1-12-5-8-16(13-6-7-14(10-19)15(20)9-13)21(11-12)17(22)23-18(2,3)4;1-8(2)6-4-5-7-9(8)3;1-2/h6-7,9-10,12,16,19H,5,8,11,20H2,1-4H3;4-7H2,1-3H3;1-2H3/t12?,16-;;/m1../s1. The number of hydrogen-bond donors (Lipinski definition) is 2. The Kier molecular flexibility index (Phi) is 11.6. The number of nitrogens with one attached hydrogen (secondary N) is 1. The molecule has 0 saturated carbocycles. The predicted octanol–water partition coefficient (Wildman–Crippen LogP) is 6.88. The number of carbonyl (C=O) groups is 1. The summed E-state index contributed by atoms with van der Waals surface area (Å²) in [6.45, 7) is 18.4. The molecule has 1 amide bonds. The molecule has 0 aliphatic carbocycles. The summed E-state index contributed by atoms with van der Waals surface area (Å²) >= 11 is 0. The Morgan fingerprint density at radius 3 is 2.32 bits per heavy atom. The molecule has 3 rings (SSSR count). The number of rotatable bonds is 2. The van der Waals surface area contributed by atoms with Gasteiger partial charge in [-0.25, -0.2) is 4.79 Å². The van der Waals surface area contributed by atoms with Crippen molar-refractivity contribution in [2.24, 2.45) is 5.92 Å². The van der Waals surface area contributed by atoms with E-state index in [2.05, 4.69) is 32.7 Å². The number of carbonyl (C=O) groups excluding carboxylic acids is 1. The molecule has 2 atom stereocenters. The maximum atomic E-state index is 12.6. The predicted molar refractivity (Wildman–Crippen MR) is 145 cm³/mol. The van der Waals surface area contributed by atoms with E-state index in [0.717, 1.165) is 18.4 Å². The normalized spacial score (nSPS) is 22.4. The lowest BCUT2D eigenvalue weighted by molar-refractivity contribution is 0.00364. The molecule has 2 aliphatic heterocycles. The Morgan fingerprint density at radius 2 is 1.85 bits per heavy atom. The number of amides is 1. The highest BCUT2D eigenvalue weighted by Gasteiger charge is 2.34. The molecule has 1 unspecified atom stereocenters. The Hall–Kier alpha value is -2.08. The van der Waals surface area contributed by atoms with Crippen LogP contribution in [0.15, 0.2) is 18.2 Å². The molecule has 0 bridgehead atoms. The average molecular weight is 475 g/mol. The van der Waals surface area contributed by atoms with Gasteiger partial charge in [-0.1, -0.05) is 39.3 Å². The highest BCUT2D eigenvalue weighted by atomic mass is 16.6. The van der Waals surface area contributed by atoms with E-state index in [9.17, 15) is 4.79 Å². The average Bonchev–Trinajstić information content (AvgIpc) is 2.76. The number of anilines is 1. The van der Waals surface area contributed by atoms with Crippen molar-refractivity contribution in [1.29, 1.82) is 5.41 Å². The molecule has 2 heterocycles. The molecule has 1 aromatic carbocycles. The maximum Gasteiger partial charge on any atom is 0.410 e. The van der Waals surface area contributed by atoms with E-state index in [-0.39, 0.29) is 12.1 Å². The third-order valence-electron chi connectivity index (χ3n) is 6.66. The van der Waals surface area contributed by atoms with Gasteiger partial charge in [0.1, 0.15) is 5.60 Å². The fourth-order valence-electron chi connectivity index (χ4n) is 4.35. The fraction of sp³-hybridized carbons (Fsp3) is 0.714. The Balaban J connectivity index is 0.000000437. The van der Waals surface area contributed by atoms with Crippen molar-refractivity contribution >= 4 is 18.0 Å². The van der Waals surface area contributed by atoms with E-state index in [0.29, 0.717) is 29.3 Å². The van der Waals surface area contributed by atoms with Crippen LogP contribution in [0, 0.1) is 11.3 Å². The molecule has 0 aromatic heterocycles. The lowest BCUT2D eigenvalue weighted by atomic mass is 9.89. The smallest absolute Gasteiger partial charge is 0.410 e. The summed E-state index contributed by atoms with van der Waals surface area (Å²) in [4.78, 5) is 16.9. The highest BCUT2D eigenvalue weighted by molar-refractivity contribution is 5.85. The number of nitrogens with zero attached hydrogens (tertiary/aromatic N) is 2. The first-order valence-corrected chi connectivity index (χ1v) is 12.9. The van der Waals surface area contributed by atoms with Crippen LogP contribution >= 0.6 is 0 Å². The molecule has 0 radical (unpaired) electrons. The van der Waals surface area contributed by atoms with Gasteiger partial charge in [0.2, 0.25) is 0 Å². The minimum atomic E-state index is -0.509. The zero-order valence-corrected chi connectivity index (χ0v) is 23.2. The fourth-order valence-corrected chi connectivity index (χ4v) is 4.35. The number of piperidine rings is 2. The molecule has 2 aliphatic rings. The lowest BCUT2D eigenvalue weighted by Crippen LogP contribution is -2.44. The summed E-state index contributed by atoms with van der Waals surface area (Å²) in [6.07, 6.45) is 7.10. The van der Waals surface area contributed by atoms with E-state index in [4.69, 9.17) is 15.9 Å². The van der Waals surface area contributed by atoms with Gasteiger partial charge in [0.05, 0.1) is 6.04 Å². The third kappa shape index (κ3) is 8.94. The number of likely N-dealkylation sites (tertiary alicyclic amines) is 2. The number of benzene rings is 1. The molecule has 0 spiro atoms. The van der Waals surface area contributed by atoms with Crippen molar-refractivity contribution in [1.82, 2.24) is 9.80 Å². The Bertz CT molecular complexity index is 785. The molecule has 3 N–H and O–H groups in total. The van der Waals surface area contributed by atoms with E-state index in [1.807, 2.05) is 57.7 Å². The van der Waals surface area contributed by atoms with Crippen LogP contribution in [0.3, 0.4) is 0 Å². The molecule has 6 heteroatoms. The topological polar surface area (TPSA) is 82.7 Å². The second-order valence-electron chi connectivity index (χ2n) is 11.1. The van der Waals surface area contributed by atoms with Gasteiger partial charge in [-0.05, 0) is 91.4 Å². The van der Waals surface area contributed by atoms with E-state index in [1.165, 1.54) is 32.0 Å². The van der Waals surface area contributed by atoms with Crippen LogP contribution in [0.5, 0.6) is 0 Å². The van der Waals surface area contributed by atoms with Gasteiger partial charge in [0, 0.05) is 29.5 Å². The van der Waals surface area contributed by atoms with Crippen LogP contribution in [0.1, 0.15) is 105 Å². The SMILES string of the molecule is CC.CC1CC[C@H](c2ccc(C=N)c(N)c2)N(C(=O)OC(C)(C)C)C1.CN1CCCCC1(C)C. The second kappa shape index (κ2) is 13.1. The molecule has 34 heavy (non-hydrogen) atoms. The number of hydrogen-bond acceptors (Lipinski definition) is 5. The van der Waals surface area contributed by atoms with Crippen LogP contribution in [0.4, 0.5) is 10.5 Å². The van der Waals surface area contributed by atoms with Crippen molar-refractivity contribution in [3.05, 3.63) is 29.3 Å². The summed E-state index contributed by atoms with van der Waals surface area (Å²) in [5.41, 5.74) is 8.24. The van der Waals surface area contributed by atoms with Crippen molar-refractivity contribution in [3.63, 3.8) is 0 Å². The summed E-state index contributed by atoms with van der Waals surface area (Å²) in [6, 6.07) is 5.64. The maximum absolute atomic E-state index is 12.6. The summed E-state index contributed by atoms with van der Waals surface area (Å²) in [5.74, 6) is 0.456. The Morgan fingerprint density at radius 1 is 1.21 bits per heavy atom. The van der Waals surface area contributed by atoms with Crippen molar-refractivity contribution in [2.75, 3.05) is 25.9 Å². The quantitative estimate of drug-likeness (QED) is 0.361. The molecular formula is C28H50N4O2. The zero-order valence-electron chi connectivity index (χ0n) is 23.2. The number of ether oxygens (including phenoxy) is 1. The minimum absolute atomic E-state index is 0.0249. The van der Waals surface area contributed by atoms with Gasteiger partial charge < -0.3 is 25.7 Å². The first-order valence-electron chi connectivity index (χ1n) is 12.9. The largest absolute Gasteiger partial charge is 0.444 e. The second-order valence-corrected chi connectivity index (χ2v) is 11.1. The van der Waals surface area contributed by atoms with Gasteiger partial charge in [0.25, 0.3) is 0 Å². The molecule has 1 aromatic rings. The van der Waals surface area contributed by atoms with Gasteiger partial charge in [-0.2, -0.15) is 0 Å². The first-order chi connectivity index (χ1) is 15.8. The lowest BCUT2D eigenvalue weighted by Gasteiger charge is -2.39. The van der Waals surface area contributed by atoms with Gasteiger partial charge in [0.15, 0.2) is 0 Å². The Labute approximate surface area is 208 Å². The zero-order chi connectivity index (χ0) is 26.1. The van der Waals surface area contributed by atoms with Crippen LogP contribution in [0.2, 0.25) is 0 Å². The first kappa shape index (κ1) is 30.0. The van der Waals surface area contributed by atoms with Crippen molar-refractivity contribution in [3.8, 4) is 0 Å². The minimum Gasteiger partial charge on any atom is -0.444 e. The summed E-state index contributed by atoms with van der Waals surface area (Å²) in [7, 11) is 2.22. The molecule has 194 valence electrons. The summed E-state index contributed by atoms with van der Waals surface area (Å²) < 4.78 is 5.57. The van der Waals surface area contributed by atoms with Crippen LogP contribution < -0.4 is 5.73 Å². The van der Waals surface area contributed by atoms with E-state index >= 15 is 0 Å². The highest BCUT2D eigenvalue weighted by Crippen LogP contribution is 2.35. The molecular weight excluding hydrogens is 424 g/mol. The van der Waals surface area contributed by atoms with Crippen LogP contribution in [-0.4, -0.2) is 53.4 Å². The third-order valence-corrected chi connectivity index (χ3v) is 6.66. The monoisotopic (exact) mass is 474 g/mol. The molecule has 2 fully saturated rings. The van der Waals surface area contributed by atoms with Gasteiger partial charge >= 0.3 is 6.09 Å². The van der Waals surface area contributed by atoms with Crippen molar-refractivity contribution in [2.45, 2.75) is 105 Å². The molecule has 6 nitrogen and oxygen atoms in total. The number of nitrogen functional groups attached to an aromatic ring is 1. The number of nitrogens with two attached hydrogens (primary N) is 1. The summed E-state index contributed by atoms with van der Waals surface area (Å²) in [5, 5.41) is 7.34. The van der Waals surface area contributed by atoms with E-state index < -0.39 is 5.60 Å².